The molecule has 0 aromatic rings. The Bertz CT molecular complexity index is 160. The number of hydrogen-bond acceptors (Lipinski definition) is 3. The summed E-state index contributed by atoms with van der Waals surface area (Å²) < 4.78 is 9.70. The molecule has 1 saturated carbocycles. The second kappa shape index (κ2) is 4.30. The maximum Gasteiger partial charge on any atom is 0.407 e. The summed E-state index contributed by atoms with van der Waals surface area (Å²) in [5, 5.41) is 2.74. The highest BCUT2D eigenvalue weighted by Crippen LogP contribution is 2.21. The van der Waals surface area contributed by atoms with Gasteiger partial charge in [-0.05, 0) is 19.3 Å². The number of hydrogen-bond donors (Lipinski definition) is 1. The molecule has 1 fully saturated rings. The van der Waals surface area contributed by atoms with Crippen LogP contribution in [0.15, 0.2) is 0 Å². The molecule has 4 nitrogen and oxygen atoms in total. The largest absolute Gasteiger partial charge is 0.453 e. The first-order valence-corrected chi connectivity index (χ1v) is 4.15. The van der Waals surface area contributed by atoms with Crippen molar-refractivity contribution in [2.75, 3.05) is 14.2 Å². The number of methoxy groups -OCH3 is 2. The molecule has 1 rings (SSSR count). The molecular formula is C8H15NO3. The van der Waals surface area contributed by atoms with Crippen LogP contribution in [-0.4, -0.2) is 32.5 Å². The van der Waals surface area contributed by atoms with Crippen molar-refractivity contribution in [3.63, 3.8) is 0 Å². The molecule has 12 heavy (non-hydrogen) atoms. The summed E-state index contributed by atoms with van der Waals surface area (Å²) in [5.41, 5.74) is 0. The van der Waals surface area contributed by atoms with Gasteiger partial charge in [-0.1, -0.05) is 0 Å². The molecule has 0 saturated heterocycles. The van der Waals surface area contributed by atoms with Gasteiger partial charge < -0.3 is 14.8 Å². The van der Waals surface area contributed by atoms with Crippen LogP contribution in [0.25, 0.3) is 0 Å². The lowest BCUT2D eigenvalue weighted by atomic mass is 10.2. The Kier molecular flexibility index (Phi) is 3.34. The predicted molar refractivity (Wildman–Crippen MR) is 44.0 cm³/mol. The molecule has 2 atom stereocenters. The first kappa shape index (κ1) is 9.32. The maximum absolute atomic E-state index is 10.8. The van der Waals surface area contributed by atoms with Crippen molar-refractivity contribution in [2.24, 2.45) is 0 Å². The summed E-state index contributed by atoms with van der Waals surface area (Å²) in [4.78, 5) is 10.8. The first-order chi connectivity index (χ1) is 5.77. The fraction of sp³-hybridized carbons (Fsp3) is 0.875. The summed E-state index contributed by atoms with van der Waals surface area (Å²) in [6.45, 7) is 0. The van der Waals surface area contributed by atoms with Gasteiger partial charge in [0, 0.05) is 7.11 Å². The zero-order valence-corrected chi connectivity index (χ0v) is 7.50. The van der Waals surface area contributed by atoms with Gasteiger partial charge in [-0.25, -0.2) is 4.79 Å². The number of carbonyl (C=O) groups excluding carboxylic acids is 1. The van der Waals surface area contributed by atoms with E-state index in [2.05, 4.69) is 10.1 Å². The van der Waals surface area contributed by atoms with E-state index < -0.39 is 0 Å². The Hall–Kier alpha value is -0.770. The van der Waals surface area contributed by atoms with Crippen molar-refractivity contribution in [2.45, 2.75) is 31.4 Å². The fourth-order valence-corrected chi connectivity index (χ4v) is 1.58. The fourth-order valence-electron chi connectivity index (χ4n) is 1.58. The summed E-state index contributed by atoms with van der Waals surface area (Å²) >= 11 is 0. The monoisotopic (exact) mass is 173 g/mol. The van der Waals surface area contributed by atoms with E-state index in [4.69, 9.17) is 4.74 Å². The van der Waals surface area contributed by atoms with Gasteiger partial charge in [-0.3, -0.25) is 0 Å². The van der Waals surface area contributed by atoms with Gasteiger partial charge in [0.1, 0.15) is 0 Å². The summed E-state index contributed by atoms with van der Waals surface area (Å²) in [7, 11) is 3.04. The van der Waals surface area contributed by atoms with Crippen LogP contribution >= 0.6 is 0 Å². The van der Waals surface area contributed by atoms with E-state index in [0.29, 0.717) is 0 Å². The van der Waals surface area contributed by atoms with E-state index >= 15 is 0 Å². The molecule has 0 spiro atoms. The third-order valence-corrected chi connectivity index (χ3v) is 2.24. The van der Waals surface area contributed by atoms with E-state index in [0.717, 1.165) is 19.3 Å². The average Bonchev–Trinajstić information content (AvgIpc) is 2.51. The molecule has 1 amide bonds. The molecular weight excluding hydrogens is 158 g/mol. The van der Waals surface area contributed by atoms with Crippen LogP contribution in [0.5, 0.6) is 0 Å². The van der Waals surface area contributed by atoms with E-state index in [1.807, 2.05) is 0 Å². The molecule has 0 bridgehead atoms. The van der Waals surface area contributed by atoms with Crippen LogP contribution in [0, 0.1) is 0 Å². The standard InChI is InChI=1S/C8H15NO3/c1-11-7-5-3-4-6(7)9-8(10)12-2/h6-7H,3-5H2,1-2H3,(H,9,10). The van der Waals surface area contributed by atoms with Crippen molar-refractivity contribution in [1.29, 1.82) is 0 Å². The van der Waals surface area contributed by atoms with Gasteiger partial charge in [-0.2, -0.15) is 0 Å². The number of carbonyl (C=O) groups is 1. The van der Waals surface area contributed by atoms with E-state index in [1.165, 1.54) is 7.11 Å². The van der Waals surface area contributed by atoms with Crippen molar-refractivity contribution >= 4 is 6.09 Å². The molecule has 1 aliphatic carbocycles. The summed E-state index contributed by atoms with van der Waals surface area (Å²) in [6, 6.07) is 0.127. The van der Waals surface area contributed by atoms with Crippen molar-refractivity contribution in [1.82, 2.24) is 5.32 Å². The second-order valence-corrected chi connectivity index (χ2v) is 2.95. The Morgan fingerprint density at radius 2 is 2.17 bits per heavy atom. The topological polar surface area (TPSA) is 47.6 Å². The second-order valence-electron chi connectivity index (χ2n) is 2.95. The predicted octanol–water partition coefficient (Wildman–Crippen LogP) is 0.910. The van der Waals surface area contributed by atoms with Gasteiger partial charge in [0.05, 0.1) is 19.3 Å². The lowest BCUT2D eigenvalue weighted by Gasteiger charge is -2.18. The zero-order valence-electron chi connectivity index (χ0n) is 7.50. The highest BCUT2D eigenvalue weighted by atomic mass is 16.5. The average molecular weight is 173 g/mol. The molecule has 0 aromatic carbocycles. The van der Waals surface area contributed by atoms with Crippen LogP contribution in [0.4, 0.5) is 4.79 Å². The maximum atomic E-state index is 10.8. The van der Waals surface area contributed by atoms with Crippen LogP contribution in [0.2, 0.25) is 0 Å². The molecule has 0 aromatic heterocycles. The molecule has 0 radical (unpaired) electrons. The van der Waals surface area contributed by atoms with E-state index in [9.17, 15) is 4.79 Å². The Labute approximate surface area is 72.2 Å². The molecule has 2 unspecified atom stereocenters. The van der Waals surface area contributed by atoms with Crippen molar-refractivity contribution in [3.8, 4) is 0 Å². The summed E-state index contributed by atoms with van der Waals surface area (Å²) in [6.07, 6.45) is 2.89. The highest BCUT2D eigenvalue weighted by Gasteiger charge is 2.28. The lowest BCUT2D eigenvalue weighted by Crippen LogP contribution is -2.40. The zero-order chi connectivity index (χ0) is 8.97. The minimum absolute atomic E-state index is 0.127. The normalized spacial score (nSPS) is 28.5. The molecule has 0 aliphatic heterocycles. The Balaban J connectivity index is 2.35. The Morgan fingerprint density at radius 3 is 2.75 bits per heavy atom. The van der Waals surface area contributed by atoms with Crippen molar-refractivity contribution in [3.05, 3.63) is 0 Å². The van der Waals surface area contributed by atoms with Crippen LogP contribution < -0.4 is 5.32 Å². The number of nitrogens with one attached hydrogen (secondary N) is 1. The summed E-state index contributed by atoms with van der Waals surface area (Å²) in [5.74, 6) is 0. The first-order valence-electron chi connectivity index (χ1n) is 4.15. The molecule has 1 N–H and O–H groups in total. The number of amides is 1. The lowest BCUT2D eigenvalue weighted by molar-refractivity contribution is 0.0814. The molecule has 4 heteroatoms. The minimum atomic E-state index is -0.371. The highest BCUT2D eigenvalue weighted by molar-refractivity contribution is 5.67. The van der Waals surface area contributed by atoms with Crippen LogP contribution in [0.3, 0.4) is 0 Å². The number of alkyl carbamates (subject to hydrolysis) is 1. The van der Waals surface area contributed by atoms with Gasteiger partial charge >= 0.3 is 6.09 Å². The third-order valence-electron chi connectivity index (χ3n) is 2.24. The molecule has 0 heterocycles. The van der Waals surface area contributed by atoms with Gasteiger partial charge in [0.15, 0.2) is 0 Å². The molecule has 1 aliphatic rings. The van der Waals surface area contributed by atoms with Crippen LogP contribution in [0.1, 0.15) is 19.3 Å². The quantitative estimate of drug-likeness (QED) is 0.675. The van der Waals surface area contributed by atoms with E-state index in [1.54, 1.807) is 7.11 Å². The van der Waals surface area contributed by atoms with Crippen LogP contribution in [-0.2, 0) is 9.47 Å². The third kappa shape index (κ3) is 2.11. The van der Waals surface area contributed by atoms with Gasteiger partial charge in [0.25, 0.3) is 0 Å². The number of rotatable bonds is 2. The smallest absolute Gasteiger partial charge is 0.407 e. The SMILES string of the molecule is COC(=O)NC1CCCC1OC. The van der Waals surface area contributed by atoms with Crippen molar-refractivity contribution < 1.29 is 14.3 Å². The molecule has 70 valence electrons. The minimum Gasteiger partial charge on any atom is -0.453 e. The van der Waals surface area contributed by atoms with E-state index in [-0.39, 0.29) is 18.2 Å². The van der Waals surface area contributed by atoms with Gasteiger partial charge in [-0.15, -0.1) is 0 Å². The Morgan fingerprint density at radius 1 is 1.42 bits per heavy atom. The number of ether oxygens (including phenoxy) is 2. The van der Waals surface area contributed by atoms with Gasteiger partial charge in [0.2, 0.25) is 0 Å².